The number of aryl methyl sites for hydroxylation is 1. The number of fused-ring (bicyclic) bond motifs is 1. The van der Waals surface area contributed by atoms with Crippen LogP contribution in [0.1, 0.15) is 23.9 Å². The van der Waals surface area contributed by atoms with Gasteiger partial charge in [-0.15, -0.1) is 0 Å². The van der Waals surface area contributed by atoms with Crippen molar-refractivity contribution in [3.8, 4) is 17.1 Å². The van der Waals surface area contributed by atoms with Gasteiger partial charge in [0.05, 0.1) is 31.5 Å². The maximum Gasteiger partial charge on any atom is 0.256 e. The van der Waals surface area contributed by atoms with Gasteiger partial charge in [0.1, 0.15) is 0 Å². The normalized spacial score (nSPS) is 12.8. The molecule has 2 N–H and O–H groups in total. The Bertz CT molecular complexity index is 1340. The molecule has 4 rings (SSSR count). The van der Waals surface area contributed by atoms with E-state index in [9.17, 15) is 9.59 Å². The van der Waals surface area contributed by atoms with Gasteiger partial charge in [0, 0.05) is 40.2 Å². The molecule has 1 aliphatic heterocycles. The Morgan fingerprint density at radius 1 is 1.12 bits per heavy atom. The Kier molecular flexibility index (Phi) is 9.27. The van der Waals surface area contributed by atoms with Crippen LogP contribution >= 0.6 is 0 Å². The number of rotatable bonds is 12. The second-order valence-electron chi connectivity index (χ2n) is 9.31. The minimum Gasteiger partial charge on any atom is -0.493 e. The summed E-state index contributed by atoms with van der Waals surface area (Å²) in [5.41, 5.74) is 1.90. The molecular formula is C27H33F2N7O4. The molecule has 11 nitrogen and oxygen atoms in total. The number of benzene rings is 2. The van der Waals surface area contributed by atoms with Crippen molar-refractivity contribution in [1.82, 2.24) is 30.8 Å². The molecule has 1 aliphatic rings. The van der Waals surface area contributed by atoms with Crippen molar-refractivity contribution in [3.05, 3.63) is 59.0 Å². The molecule has 1 aromatic heterocycles. The molecule has 0 bridgehead atoms. The van der Waals surface area contributed by atoms with Crippen molar-refractivity contribution >= 4 is 17.5 Å². The molecule has 0 saturated carbocycles. The Balaban J connectivity index is 1.63. The Morgan fingerprint density at radius 3 is 2.42 bits per heavy atom. The number of nitrogens with zero attached hydrogens (tertiary/aromatic N) is 5. The van der Waals surface area contributed by atoms with Gasteiger partial charge in [-0.25, -0.2) is 9.40 Å². The Hall–Kier alpha value is -4.10. The number of carbonyl (C=O) groups is 2. The molecule has 0 atom stereocenters. The number of ether oxygens (including phenoxy) is 1. The summed E-state index contributed by atoms with van der Waals surface area (Å²) in [6.45, 7) is 5.33. The first-order valence-corrected chi connectivity index (χ1v) is 12.9. The number of anilines is 1. The van der Waals surface area contributed by atoms with E-state index >= 15 is 8.78 Å². The number of aromatic nitrogens is 2. The highest BCUT2D eigenvalue weighted by molar-refractivity contribution is 5.87. The van der Waals surface area contributed by atoms with E-state index in [2.05, 4.69) is 20.8 Å². The molecule has 13 heteroatoms. The molecule has 40 heavy (non-hydrogen) atoms. The molecule has 0 aliphatic carbocycles. The van der Waals surface area contributed by atoms with E-state index in [1.165, 1.54) is 23.1 Å². The smallest absolute Gasteiger partial charge is 0.256 e. The first-order chi connectivity index (χ1) is 19.2. The number of carbonyl (C=O) groups excluding carboxylic acids is 2. The summed E-state index contributed by atoms with van der Waals surface area (Å²) in [5.74, 6) is -3.69. The Morgan fingerprint density at radius 2 is 1.82 bits per heavy atom. The number of hydrazine groups is 1. The third kappa shape index (κ3) is 6.37. The molecule has 2 heterocycles. The van der Waals surface area contributed by atoms with Crippen molar-refractivity contribution in [2.24, 2.45) is 0 Å². The average Bonchev–Trinajstić information content (AvgIpc) is 3.58. The van der Waals surface area contributed by atoms with Gasteiger partial charge >= 0.3 is 0 Å². The molecule has 0 spiro atoms. The van der Waals surface area contributed by atoms with Crippen LogP contribution in [-0.2, 0) is 22.7 Å². The fraction of sp³-hybridized carbons (Fsp3) is 0.407. The highest BCUT2D eigenvalue weighted by atomic mass is 19.2. The monoisotopic (exact) mass is 557 g/mol. The molecule has 0 radical (unpaired) electrons. The zero-order valence-corrected chi connectivity index (χ0v) is 23.0. The minimum atomic E-state index is -1.30. The van der Waals surface area contributed by atoms with Gasteiger partial charge < -0.3 is 24.8 Å². The molecule has 0 saturated heterocycles. The van der Waals surface area contributed by atoms with Gasteiger partial charge in [-0.2, -0.15) is 9.37 Å². The third-order valence-electron chi connectivity index (χ3n) is 6.60. The van der Waals surface area contributed by atoms with Crippen LogP contribution in [-0.4, -0.2) is 78.9 Å². The topological polar surface area (TPSA) is 116 Å². The summed E-state index contributed by atoms with van der Waals surface area (Å²) in [6.07, 6.45) is 0. The van der Waals surface area contributed by atoms with Crippen LogP contribution in [0.15, 0.2) is 34.9 Å². The van der Waals surface area contributed by atoms with Gasteiger partial charge in [0.25, 0.3) is 5.91 Å². The average molecular weight is 558 g/mol. The van der Waals surface area contributed by atoms with Gasteiger partial charge in [0.2, 0.25) is 23.4 Å². The molecule has 0 unspecified atom stereocenters. The fourth-order valence-corrected chi connectivity index (χ4v) is 4.47. The summed E-state index contributed by atoms with van der Waals surface area (Å²) in [7, 11) is 2.80. The van der Waals surface area contributed by atoms with Crippen molar-refractivity contribution in [3.63, 3.8) is 0 Å². The minimum absolute atomic E-state index is 0.0154. The van der Waals surface area contributed by atoms with E-state index in [1.54, 1.807) is 14.0 Å². The lowest BCUT2D eigenvalue weighted by molar-refractivity contribution is -0.145. The second-order valence-corrected chi connectivity index (χ2v) is 9.31. The number of nitrogens with one attached hydrogen (secondary N) is 2. The van der Waals surface area contributed by atoms with Crippen LogP contribution in [0.4, 0.5) is 14.5 Å². The summed E-state index contributed by atoms with van der Waals surface area (Å²) in [4.78, 5) is 31.6. The first-order valence-electron chi connectivity index (χ1n) is 12.9. The highest BCUT2D eigenvalue weighted by Gasteiger charge is 2.30. The number of methoxy groups -OCH3 is 1. The lowest BCUT2D eigenvalue weighted by atomic mass is 10.1. The molecule has 214 valence electrons. The molecule has 0 fully saturated rings. The van der Waals surface area contributed by atoms with Gasteiger partial charge in [0.15, 0.2) is 11.6 Å². The van der Waals surface area contributed by atoms with Crippen molar-refractivity contribution in [2.75, 3.05) is 51.8 Å². The zero-order chi connectivity index (χ0) is 28.8. The van der Waals surface area contributed by atoms with E-state index in [0.717, 1.165) is 17.7 Å². The van der Waals surface area contributed by atoms with Crippen LogP contribution in [0.3, 0.4) is 0 Å². The highest BCUT2D eigenvalue weighted by Crippen LogP contribution is 2.38. The Labute approximate surface area is 231 Å². The predicted molar refractivity (Wildman–Crippen MR) is 143 cm³/mol. The van der Waals surface area contributed by atoms with E-state index < -0.39 is 42.3 Å². The summed E-state index contributed by atoms with van der Waals surface area (Å²) < 4.78 is 40.9. The van der Waals surface area contributed by atoms with Gasteiger partial charge in [-0.05, 0) is 23.7 Å². The molecular weight excluding hydrogens is 524 g/mol. The van der Waals surface area contributed by atoms with E-state index in [-0.39, 0.29) is 23.0 Å². The SMILES string of the molecule is CCNCCNC(=O)CN(CC(=O)N(C)N1Cc2ccccc2C1)c1cc(-c2noc(C)n2)c(OC)c(F)c1F. The summed E-state index contributed by atoms with van der Waals surface area (Å²) in [5, 5.41) is 12.9. The van der Waals surface area contributed by atoms with E-state index in [1.807, 2.05) is 36.2 Å². The number of likely N-dealkylation sites (N-methyl/N-ethyl adjacent to an activating group) is 2. The second kappa shape index (κ2) is 12.8. The number of hydrogen-bond donors (Lipinski definition) is 2. The van der Waals surface area contributed by atoms with Crippen LogP contribution in [0.2, 0.25) is 0 Å². The first kappa shape index (κ1) is 28.9. The fourth-order valence-electron chi connectivity index (χ4n) is 4.47. The van der Waals surface area contributed by atoms with Gasteiger partial charge in [-0.1, -0.05) is 36.3 Å². The van der Waals surface area contributed by atoms with Crippen molar-refractivity contribution in [2.45, 2.75) is 26.9 Å². The van der Waals surface area contributed by atoms with E-state index in [0.29, 0.717) is 26.2 Å². The lowest BCUT2D eigenvalue weighted by Crippen LogP contribution is -2.48. The number of hydrogen-bond acceptors (Lipinski definition) is 9. The van der Waals surface area contributed by atoms with Crippen LogP contribution < -0.4 is 20.3 Å². The molecule has 3 aromatic rings. The third-order valence-corrected chi connectivity index (χ3v) is 6.60. The standard InChI is InChI=1S/C27H33F2N7O4/c1-5-30-10-11-31-22(37)15-35(16-23(38)34(3)36-13-18-8-6-7-9-19(18)14-36)21-12-20(27-32-17(2)40-33-27)26(39-4)25(29)24(21)28/h6-9,12,30H,5,10-11,13-16H2,1-4H3,(H,31,37). The van der Waals surface area contributed by atoms with Crippen LogP contribution in [0, 0.1) is 18.6 Å². The summed E-state index contributed by atoms with van der Waals surface area (Å²) in [6, 6.07) is 9.11. The largest absolute Gasteiger partial charge is 0.493 e. The lowest BCUT2D eigenvalue weighted by Gasteiger charge is -2.31. The maximum atomic E-state index is 15.5. The van der Waals surface area contributed by atoms with Crippen LogP contribution in [0.25, 0.3) is 11.4 Å². The van der Waals surface area contributed by atoms with E-state index in [4.69, 9.17) is 9.26 Å². The quantitative estimate of drug-likeness (QED) is 0.324. The summed E-state index contributed by atoms with van der Waals surface area (Å²) >= 11 is 0. The number of halogens is 2. The zero-order valence-electron chi connectivity index (χ0n) is 23.0. The maximum absolute atomic E-state index is 15.5. The van der Waals surface area contributed by atoms with Gasteiger partial charge in [-0.3, -0.25) is 14.6 Å². The predicted octanol–water partition coefficient (Wildman–Crippen LogP) is 2.25. The van der Waals surface area contributed by atoms with Crippen molar-refractivity contribution < 1.29 is 27.6 Å². The van der Waals surface area contributed by atoms with Crippen LogP contribution in [0.5, 0.6) is 5.75 Å². The number of amides is 2. The molecule has 2 amide bonds. The molecule has 2 aromatic carbocycles. The van der Waals surface area contributed by atoms with Crippen molar-refractivity contribution in [1.29, 1.82) is 0 Å².